The third-order valence-corrected chi connectivity index (χ3v) is 7.35. The maximum absolute atomic E-state index is 12.7. The van der Waals surface area contributed by atoms with Gasteiger partial charge in [0.05, 0.1) is 12.1 Å². The van der Waals surface area contributed by atoms with Crippen molar-refractivity contribution in [2.24, 2.45) is 16.7 Å². The SMILES string of the molecule is CC1(C)C2CCC1(C)C(NC(=O)Cc1ccnc(Nc3ccc(N)cc3)n1)C2. The molecule has 2 aromatic rings. The number of benzene rings is 1. The van der Waals surface area contributed by atoms with Crippen LogP contribution >= 0.6 is 0 Å². The summed E-state index contributed by atoms with van der Waals surface area (Å²) in [7, 11) is 0. The average molecular weight is 380 g/mol. The summed E-state index contributed by atoms with van der Waals surface area (Å²) in [6, 6.07) is 9.42. The fourth-order valence-corrected chi connectivity index (χ4v) is 5.08. The second kappa shape index (κ2) is 6.76. The fourth-order valence-electron chi connectivity index (χ4n) is 5.08. The van der Waals surface area contributed by atoms with E-state index in [0.29, 0.717) is 23.2 Å². The molecule has 3 unspecified atom stereocenters. The lowest BCUT2D eigenvalue weighted by Crippen LogP contribution is -2.47. The molecule has 0 radical (unpaired) electrons. The van der Waals surface area contributed by atoms with Gasteiger partial charge in [-0.25, -0.2) is 9.97 Å². The van der Waals surface area contributed by atoms with Gasteiger partial charge in [-0.2, -0.15) is 0 Å². The van der Waals surface area contributed by atoms with Gasteiger partial charge in [0.15, 0.2) is 0 Å². The maximum atomic E-state index is 12.7. The smallest absolute Gasteiger partial charge is 0.227 e. The molecule has 1 amide bonds. The van der Waals surface area contributed by atoms with E-state index in [1.807, 2.05) is 24.3 Å². The summed E-state index contributed by atoms with van der Waals surface area (Å²) in [5, 5.41) is 6.44. The molecule has 2 bridgehead atoms. The summed E-state index contributed by atoms with van der Waals surface area (Å²) in [6.45, 7) is 7.05. The van der Waals surface area contributed by atoms with E-state index in [4.69, 9.17) is 5.73 Å². The molecular formula is C22H29N5O. The van der Waals surface area contributed by atoms with E-state index in [1.54, 1.807) is 12.3 Å². The summed E-state index contributed by atoms with van der Waals surface area (Å²) in [5.41, 5.74) is 8.44. The number of hydrogen-bond acceptors (Lipinski definition) is 5. The van der Waals surface area contributed by atoms with E-state index in [0.717, 1.165) is 12.1 Å². The normalized spacial score (nSPS) is 27.5. The topological polar surface area (TPSA) is 92.9 Å². The highest BCUT2D eigenvalue weighted by molar-refractivity contribution is 5.78. The van der Waals surface area contributed by atoms with Gasteiger partial charge in [-0.05, 0) is 66.3 Å². The quantitative estimate of drug-likeness (QED) is 0.689. The van der Waals surface area contributed by atoms with Crippen molar-refractivity contribution >= 4 is 23.2 Å². The zero-order valence-electron chi connectivity index (χ0n) is 16.8. The monoisotopic (exact) mass is 379 g/mol. The predicted octanol–water partition coefficient (Wildman–Crippen LogP) is 3.68. The van der Waals surface area contributed by atoms with Crippen molar-refractivity contribution in [2.75, 3.05) is 11.1 Å². The summed E-state index contributed by atoms with van der Waals surface area (Å²) < 4.78 is 0. The number of aromatic nitrogens is 2. The third-order valence-electron chi connectivity index (χ3n) is 7.35. The summed E-state index contributed by atoms with van der Waals surface area (Å²) in [5.74, 6) is 1.22. The van der Waals surface area contributed by atoms with Gasteiger partial charge in [-0.1, -0.05) is 20.8 Å². The summed E-state index contributed by atoms with van der Waals surface area (Å²) in [6.07, 6.45) is 5.50. The highest BCUT2D eigenvalue weighted by atomic mass is 16.1. The van der Waals surface area contributed by atoms with Crippen LogP contribution in [0.5, 0.6) is 0 Å². The molecule has 4 N–H and O–H groups in total. The molecular weight excluding hydrogens is 350 g/mol. The molecule has 6 nitrogen and oxygen atoms in total. The Morgan fingerprint density at radius 1 is 1.21 bits per heavy atom. The Morgan fingerprint density at radius 3 is 2.61 bits per heavy atom. The van der Waals surface area contributed by atoms with Crippen LogP contribution in [-0.4, -0.2) is 21.9 Å². The van der Waals surface area contributed by atoms with Crippen molar-refractivity contribution in [3.8, 4) is 0 Å². The van der Waals surface area contributed by atoms with Gasteiger partial charge >= 0.3 is 0 Å². The number of nitrogens with zero attached hydrogens (tertiary/aromatic N) is 2. The van der Waals surface area contributed by atoms with E-state index in [1.165, 1.54) is 12.8 Å². The molecule has 1 aromatic heterocycles. The number of rotatable bonds is 5. The Kier molecular flexibility index (Phi) is 4.52. The molecule has 2 saturated carbocycles. The Balaban J connectivity index is 1.39. The molecule has 6 heteroatoms. The van der Waals surface area contributed by atoms with Crippen LogP contribution in [-0.2, 0) is 11.2 Å². The van der Waals surface area contributed by atoms with Crippen molar-refractivity contribution in [3.05, 3.63) is 42.2 Å². The summed E-state index contributed by atoms with van der Waals surface area (Å²) >= 11 is 0. The Bertz CT molecular complexity index is 879. The lowest BCUT2D eigenvalue weighted by atomic mass is 9.69. The molecule has 0 aliphatic heterocycles. The number of amides is 1. The number of carbonyl (C=O) groups excluding carboxylic acids is 1. The van der Waals surface area contributed by atoms with Gasteiger partial charge in [-0.3, -0.25) is 4.79 Å². The number of fused-ring (bicyclic) bond motifs is 2. The predicted molar refractivity (Wildman–Crippen MR) is 111 cm³/mol. The fraction of sp³-hybridized carbons (Fsp3) is 0.500. The molecule has 2 fully saturated rings. The van der Waals surface area contributed by atoms with Crippen LogP contribution in [0.2, 0.25) is 0 Å². The number of nitrogens with two attached hydrogens (primary N) is 1. The van der Waals surface area contributed by atoms with Gasteiger partial charge in [-0.15, -0.1) is 0 Å². The van der Waals surface area contributed by atoms with Crippen molar-refractivity contribution in [3.63, 3.8) is 0 Å². The average Bonchev–Trinajstić information content (AvgIpc) is 2.97. The van der Waals surface area contributed by atoms with Crippen molar-refractivity contribution < 1.29 is 4.79 Å². The number of nitrogen functional groups attached to an aromatic ring is 1. The van der Waals surface area contributed by atoms with Crippen LogP contribution in [0.15, 0.2) is 36.5 Å². The first kappa shape index (κ1) is 18.7. The third kappa shape index (κ3) is 3.21. The molecule has 0 spiro atoms. The van der Waals surface area contributed by atoms with Gasteiger partial charge in [0.1, 0.15) is 0 Å². The van der Waals surface area contributed by atoms with Crippen LogP contribution in [0.3, 0.4) is 0 Å². The standard InChI is InChI=1S/C22H29N5O/c1-21(2)14-8-10-22(21,3)18(12-14)27-19(28)13-17-9-11-24-20(26-17)25-16-6-4-15(23)5-7-16/h4-7,9,11,14,18H,8,10,12-13,23H2,1-3H3,(H,27,28)(H,24,25,26). The Hall–Kier alpha value is -2.63. The van der Waals surface area contributed by atoms with E-state index < -0.39 is 0 Å². The largest absolute Gasteiger partial charge is 0.399 e. The molecule has 3 atom stereocenters. The second-order valence-electron chi connectivity index (χ2n) is 9.03. The van der Waals surface area contributed by atoms with Gasteiger partial charge in [0, 0.05) is 23.6 Å². The van der Waals surface area contributed by atoms with E-state index >= 15 is 0 Å². The molecule has 2 aliphatic carbocycles. The van der Waals surface area contributed by atoms with Crippen LogP contribution in [0.1, 0.15) is 45.7 Å². The van der Waals surface area contributed by atoms with Crippen molar-refractivity contribution in [1.82, 2.24) is 15.3 Å². The minimum Gasteiger partial charge on any atom is -0.399 e. The van der Waals surface area contributed by atoms with E-state index in [2.05, 4.69) is 41.4 Å². The highest BCUT2D eigenvalue weighted by Gasteiger charge is 2.61. The molecule has 148 valence electrons. The Labute approximate surface area is 166 Å². The minimum atomic E-state index is 0.0340. The van der Waals surface area contributed by atoms with Crippen molar-refractivity contribution in [1.29, 1.82) is 0 Å². The first-order valence-corrected chi connectivity index (χ1v) is 10.0. The second-order valence-corrected chi connectivity index (χ2v) is 9.03. The van der Waals surface area contributed by atoms with Gasteiger partial charge in [0.2, 0.25) is 11.9 Å². The van der Waals surface area contributed by atoms with E-state index in [9.17, 15) is 4.79 Å². The first-order valence-electron chi connectivity index (χ1n) is 10.0. The number of anilines is 3. The number of hydrogen-bond donors (Lipinski definition) is 3. The zero-order chi connectivity index (χ0) is 19.9. The number of carbonyl (C=O) groups is 1. The molecule has 1 aromatic carbocycles. The van der Waals surface area contributed by atoms with Crippen LogP contribution < -0.4 is 16.4 Å². The first-order chi connectivity index (χ1) is 13.3. The van der Waals surface area contributed by atoms with Gasteiger partial charge < -0.3 is 16.4 Å². The molecule has 28 heavy (non-hydrogen) atoms. The van der Waals surface area contributed by atoms with Crippen LogP contribution in [0.4, 0.5) is 17.3 Å². The Morgan fingerprint density at radius 2 is 1.96 bits per heavy atom. The molecule has 4 rings (SSSR count). The minimum absolute atomic E-state index is 0.0340. The molecule has 0 saturated heterocycles. The van der Waals surface area contributed by atoms with Crippen LogP contribution in [0, 0.1) is 16.7 Å². The highest BCUT2D eigenvalue weighted by Crippen LogP contribution is 2.65. The maximum Gasteiger partial charge on any atom is 0.227 e. The lowest BCUT2D eigenvalue weighted by Gasteiger charge is -2.39. The molecule has 2 aliphatic rings. The summed E-state index contributed by atoms with van der Waals surface area (Å²) in [4.78, 5) is 21.4. The molecule has 1 heterocycles. The van der Waals surface area contributed by atoms with Crippen molar-refractivity contribution in [2.45, 2.75) is 52.5 Å². The zero-order valence-corrected chi connectivity index (χ0v) is 16.8. The number of nitrogens with one attached hydrogen (secondary N) is 2. The van der Waals surface area contributed by atoms with Gasteiger partial charge in [0.25, 0.3) is 0 Å². The van der Waals surface area contributed by atoms with E-state index in [-0.39, 0.29) is 29.2 Å². The lowest BCUT2D eigenvalue weighted by molar-refractivity contribution is -0.122. The van der Waals surface area contributed by atoms with Crippen LogP contribution in [0.25, 0.3) is 0 Å².